The van der Waals surface area contributed by atoms with E-state index in [0.29, 0.717) is 40.0 Å². The van der Waals surface area contributed by atoms with Crippen LogP contribution in [0.25, 0.3) is 0 Å². The van der Waals surface area contributed by atoms with E-state index < -0.39 is 10.0 Å². The van der Waals surface area contributed by atoms with E-state index in [0.717, 1.165) is 23.1 Å². The van der Waals surface area contributed by atoms with E-state index in [4.69, 9.17) is 27.9 Å². The van der Waals surface area contributed by atoms with Gasteiger partial charge >= 0.3 is 0 Å². The summed E-state index contributed by atoms with van der Waals surface area (Å²) in [5.41, 5.74) is 3.52. The number of anilines is 1. The highest BCUT2D eigenvalue weighted by atomic mass is 35.5. The Hall–Kier alpha value is -2.74. The van der Waals surface area contributed by atoms with E-state index in [9.17, 15) is 13.2 Å². The molecule has 0 aliphatic heterocycles. The van der Waals surface area contributed by atoms with Gasteiger partial charge in [0.1, 0.15) is 12.4 Å². The van der Waals surface area contributed by atoms with Gasteiger partial charge in [-0.3, -0.25) is 9.10 Å². The van der Waals surface area contributed by atoms with Crippen LogP contribution in [0.2, 0.25) is 10.0 Å². The van der Waals surface area contributed by atoms with Crippen LogP contribution in [0.4, 0.5) is 5.69 Å². The van der Waals surface area contributed by atoms with Crippen LogP contribution in [0.1, 0.15) is 27.0 Å². The molecule has 3 rings (SSSR count). The third-order valence-corrected chi connectivity index (χ3v) is 6.88. The second-order valence-electron chi connectivity index (χ2n) is 7.94. The van der Waals surface area contributed by atoms with Crippen LogP contribution in [0.3, 0.4) is 0 Å². The predicted molar refractivity (Wildman–Crippen MR) is 138 cm³/mol. The third-order valence-electron chi connectivity index (χ3n) is 5.03. The average Bonchev–Trinajstić information content (AvgIpc) is 2.75. The molecule has 0 unspecified atom stereocenters. The Morgan fingerprint density at radius 1 is 0.971 bits per heavy atom. The van der Waals surface area contributed by atoms with Gasteiger partial charge in [0.25, 0.3) is 5.91 Å². The second kappa shape index (κ2) is 11.1. The van der Waals surface area contributed by atoms with Gasteiger partial charge < -0.3 is 10.1 Å². The van der Waals surface area contributed by atoms with Crippen molar-refractivity contribution in [3.63, 3.8) is 0 Å². The Morgan fingerprint density at radius 3 is 2.12 bits per heavy atom. The van der Waals surface area contributed by atoms with Crippen molar-refractivity contribution in [3.05, 3.63) is 93.0 Å². The molecule has 9 heteroatoms. The molecule has 1 amide bonds. The molecular formula is C25H26Cl2N2O4S. The Morgan fingerprint density at radius 2 is 1.56 bits per heavy atom. The number of carbonyl (C=O) groups is 1. The molecule has 1 N–H and O–H groups in total. The van der Waals surface area contributed by atoms with Gasteiger partial charge in [0.15, 0.2) is 0 Å². The highest BCUT2D eigenvalue weighted by Gasteiger charge is 2.21. The molecular weight excluding hydrogens is 495 g/mol. The van der Waals surface area contributed by atoms with Crippen molar-refractivity contribution in [2.75, 3.05) is 23.7 Å². The maximum atomic E-state index is 12.5. The topological polar surface area (TPSA) is 75.7 Å². The van der Waals surface area contributed by atoms with Crippen LogP contribution in [0.15, 0.2) is 60.7 Å². The van der Waals surface area contributed by atoms with Crippen LogP contribution >= 0.6 is 23.2 Å². The fraction of sp³-hybridized carbons (Fsp3) is 0.240. The molecule has 0 aromatic heterocycles. The van der Waals surface area contributed by atoms with E-state index in [1.807, 2.05) is 26.0 Å². The van der Waals surface area contributed by atoms with Crippen LogP contribution in [-0.4, -0.2) is 33.7 Å². The quantitative estimate of drug-likeness (QED) is 0.384. The number of aryl methyl sites for hydroxylation is 2. The van der Waals surface area contributed by atoms with Crippen molar-refractivity contribution >= 4 is 44.8 Å². The van der Waals surface area contributed by atoms with Gasteiger partial charge in [0, 0.05) is 21.2 Å². The highest BCUT2D eigenvalue weighted by Crippen LogP contribution is 2.29. The average molecular weight is 521 g/mol. The lowest BCUT2D eigenvalue weighted by Gasteiger charge is -2.23. The number of carbonyl (C=O) groups excluding carboxylic acids is 1. The van der Waals surface area contributed by atoms with E-state index in [1.165, 1.54) is 4.31 Å². The number of rotatable bonds is 9. The minimum atomic E-state index is -3.63. The van der Waals surface area contributed by atoms with Crippen molar-refractivity contribution in [2.45, 2.75) is 20.4 Å². The first kappa shape index (κ1) is 25.9. The molecule has 3 aromatic rings. The lowest BCUT2D eigenvalue weighted by molar-refractivity contribution is 0.0947. The lowest BCUT2D eigenvalue weighted by atomic mass is 10.1. The zero-order chi connectivity index (χ0) is 24.9. The highest BCUT2D eigenvalue weighted by molar-refractivity contribution is 7.92. The van der Waals surface area contributed by atoms with Gasteiger partial charge in [-0.25, -0.2) is 8.42 Å². The summed E-state index contributed by atoms with van der Waals surface area (Å²) in [6.45, 7) is 4.62. The number of benzene rings is 3. The lowest BCUT2D eigenvalue weighted by Crippen LogP contribution is -2.30. The summed E-state index contributed by atoms with van der Waals surface area (Å²) in [5.74, 6) is 0.478. The number of nitrogens with one attached hydrogen (secondary N) is 1. The summed E-state index contributed by atoms with van der Waals surface area (Å²) in [6, 6.07) is 17.2. The molecule has 0 bridgehead atoms. The van der Waals surface area contributed by atoms with E-state index in [2.05, 4.69) is 11.4 Å². The van der Waals surface area contributed by atoms with Gasteiger partial charge in [0.2, 0.25) is 10.0 Å². The summed E-state index contributed by atoms with van der Waals surface area (Å²) < 4.78 is 31.8. The number of sulfonamides is 1. The Labute approximate surface area is 210 Å². The molecule has 0 aliphatic carbocycles. The molecule has 0 radical (unpaired) electrons. The predicted octanol–water partition coefficient (Wildman–Crippen LogP) is 5.39. The molecule has 0 saturated carbocycles. The molecule has 0 atom stereocenters. The Balaban J connectivity index is 1.64. The standard InChI is InChI=1S/C25H26Cl2N2O4S/c1-17-13-18(2)15-21(14-17)33-12-11-28-25(30)19-7-9-20(10-8-19)29(34(3,31)32)16-22-23(26)5-4-6-24(22)27/h4-10,13-15H,11-12,16H2,1-3H3,(H,28,30). The summed E-state index contributed by atoms with van der Waals surface area (Å²) >= 11 is 12.4. The van der Waals surface area contributed by atoms with Crippen molar-refractivity contribution in [1.82, 2.24) is 5.32 Å². The Kier molecular flexibility index (Phi) is 8.47. The minimum Gasteiger partial charge on any atom is -0.492 e. The molecule has 180 valence electrons. The van der Waals surface area contributed by atoms with Gasteiger partial charge in [-0.15, -0.1) is 0 Å². The van der Waals surface area contributed by atoms with E-state index in [-0.39, 0.29) is 12.5 Å². The summed E-state index contributed by atoms with van der Waals surface area (Å²) in [5, 5.41) is 3.55. The Bertz CT molecular complexity index is 1240. The first-order valence-electron chi connectivity index (χ1n) is 10.5. The fourth-order valence-electron chi connectivity index (χ4n) is 3.46. The molecule has 0 spiro atoms. The summed E-state index contributed by atoms with van der Waals surface area (Å²) in [7, 11) is -3.63. The molecule has 0 fully saturated rings. The fourth-order valence-corrected chi connectivity index (χ4v) is 4.84. The van der Waals surface area contributed by atoms with Crippen LogP contribution < -0.4 is 14.4 Å². The zero-order valence-electron chi connectivity index (χ0n) is 19.1. The monoisotopic (exact) mass is 520 g/mol. The zero-order valence-corrected chi connectivity index (χ0v) is 21.5. The number of hydrogen-bond acceptors (Lipinski definition) is 4. The minimum absolute atomic E-state index is 0.0291. The van der Waals surface area contributed by atoms with Gasteiger partial charge in [0.05, 0.1) is 25.0 Å². The molecule has 6 nitrogen and oxygen atoms in total. The van der Waals surface area contributed by atoms with Crippen molar-refractivity contribution in [1.29, 1.82) is 0 Å². The van der Waals surface area contributed by atoms with Crippen LogP contribution in [-0.2, 0) is 16.6 Å². The van der Waals surface area contributed by atoms with Crippen LogP contribution in [0, 0.1) is 13.8 Å². The summed E-state index contributed by atoms with van der Waals surface area (Å²) in [4.78, 5) is 12.5. The van der Waals surface area contributed by atoms with Crippen molar-refractivity contribution in [3.8, 4) is 5.75 Å². The molecule has 0 aliphatic rings. The largest absolute Gasteiger partial charge is 0.492 e. The van der Waals surface area contributed by atoms with E-state index in [1.54, 1.807) is 42.5 Å². The molecule has 3 aromatic carbocycles. The maximum absolute atomic E-state index is 12.5. The molecule has 0 saturated heterocycles. The van der Waals surface area contributed by atoms with Crippen LogP contribution in [0.5, 0.6) is 5.75 Å². The van der Waals surface area contributed by atoms with Gasteiger partial charge in [-0.2, -0.15) is 0 Å². The first-order chi connectivity index (χ1) is 16.0. The second-order valence-corrected chi connectivity index (χ2v) is 10.7. The number of amides is 1. The number of ether oxygens (including phenoxy) is 1. The first-order valence-corrected chi connectivity index (χ1v) is 13.1. The summed E-state index contributed by atoms with van der Waals surface area (Å²) in [6.07, 6.45) is 1.11. The third kappa shape index (κ3) is 6.88. The number of nitrogens with zero attached hydrogens (tertiary/aromatic N) is 1. The normalized spacial score (nSPS) is 11.2. The van der Waals surface area contributed by atoms with Crippen molar-refractivity contribution in [2.24, 2.45) is 0 Å². The molecule has 34 heavy (non-hydrogen) atoms. The maximum Gasteiger partial charge on any atom is 0.251 e. The van der Waals surface area contributed by atoms with Crippen molar-refractivity contribution < 1.29 is 17.9 Å². The number of hydrogen-bond donors (Lipinski definition) is 1. The van der Waals surface area contributed by atoms with E-state index >= 15 is 0 Å². The molecule has 0 heterocycles. The number of halogens is 2. The smallest absolute Gasteiger partial charge is 0.251 e. The SMILES string of the molecule is Cc1cc(C)cc(OCCNC(=O)c2ccc(N(Cc3c(Cl)cccc3Cl)S(C)(=O)=O)cc2)c1. The van der Waals surface area contributed by atoms with Gasteiger partial charge in [-0.1, -0.05) is 35.3 Å². The van der Waals surface area contributed by atoms with Gasteiger partial charge in [-0.05, 0) is 73.5 Å².